The van der Waals surface area contributed by atoms with Crippen LogP contribution in [0.15, 0.2) is 0 Å². The molecular weight excluding hydrogens is 156 g/mol. The fraction of sp³-hybridized carbons (Fsp3) is 0.875. The van der Waals surface area contributed by atoms with Crippen molar-refractivity contribution in [3.05, 3.63) is 0 Å². The van der Waals surface area contributed by atoms with Crippen LogP contribution in [-0.2, 0) is 9.53 Å². The predicted octanol–water partition coefficient (Wildman–Crippen LogP) is -0.794. The van der Waals surface area contributed by atoms with Gasteiger partial charge in [-0.2, -0.15) is 0 Å². The van der Waals surface area contributed by atoms with E-state index >= 15 is 0 Å². The Bertz CT molecular complexity index is 181. The van der Waals surface area contributed by atoms with E-state index in [1.807, 2.05) is 4.90 Å². The third-order valence-electron chi connectivity index (χ3n) is 2.57. The second-order valence-electron chi connectivity index (χ2n) is 3.41. The van der Waals surface area contributed by atoms with Crippen molar-refractivity contribution in [1.29, 1.82) is 0 Å². The van der Waals surface area contributed by atoms with Crippen LogP contribution >= 0.6 is 0 Å². The molecule has 3 aliphatic rings. The van der Waals surface area contributed by atoms with Gasteiger partial charge in [0, 0.05) is 0 Å². The van der Waals surface area contributed by atoms with Gasteiger partial charge in [-0.05, 0) is 13.5 Å². The molecular formula is C8H14N2O2. The number of amides is 1. The molecule has 0 aromatic carbocycles. The zero-order valence-corrected chi connectivity index (χ0v) is 7.25. The van der Waals surface area contributed by atoms with Crippen molar-refractivity contribution >= 4 is 5.91 Å². The lowest BCUT2D eigenvalue weighted by molar-refractivity contribution is -0.166. The van der Waals surface area contributed by atoms with Crippen molar-refractivity contribution in [2.24, 2.45) is 0 Å². The zero-order valence-electron chi connectivity index (χ0n) is 7.25. The molecule has 3 aliphatic heterocycles. The highest BCUT2D eigenvalue weighted by atomic mass is 16.5. The molecule has 3 fully saturated rings. The average molecular weight is 170 g/mol. The topological polar surface area (TPSA) is 41.6 Å². The lowest BCUT2D eigenvalue weighted by atomic mass is 9.91. The third-order valence-corrected chi connectivity index (χ3v) is 2.57. The lowest BCUT2D eigenvalue weighted by Gasteiger charge is -2.52. The summed E-state index contributed by atoms with van der Waals surface area (Å²) in [6, 6.07) is 0.731. The largest absolute Gasteiger partial charge is 0.377 e. The van der Waals surface area contributed by atoms with E-state index in [2.05, 4.69) is 5.32 Å². The molecule has 0 spiro atoms. The molecule has 2 atom stereocenters. The van der Waals surface area contributed by atoms with Crippen LogP contribution < -0.4 is 5.32 Å². The molecule has 0 radical (unpaired) electrons. The highest BCUT2D eigenvalue weighted by Gasteiger charge is 2.44. The van der Waals surface area contributed by atoms with Crippen LogP contribution in [-0.4, -0.2) is 49.7 Å². The number of likely N-dealkylation sites (N-methyl/N-ethyl adjacent to an activating group) is 1. The van der Waals surface area contributed by atoms with E-state index in [1.54, 1.807) is 7.05 Å². The Morgan fingerprint density at radius 3 is 2.75 bits per heavy atom. The molecule has 3 rings (SSSR count). The molecule has 0 aliphatic carbocycles. The normalized spacial score (nSPS) is 32.9. The molecule has 0 aromatic heterocycles. The second-order valence-corrected chi connectivity index (χ2v) is 3.41. The number of ether oxygens (including phenoxy) is 1. The fourth-order valence-electron chi connectivity index (χ4n) is 1.99. The van der Waals surface area contributed by atoms with Crippen LogP contribution in [0.2, 0.25) is 0 Å². The molecule has 12 heavy (non-hydrogen) atoms. The maximum absolute atomic E-state index is 11.4. The summed E-state index contributed by atoms with van der Waals surface area (Å²) in [5.74, 6) is 0.210. The summed E-state index contributed by atoms with van der Waals surface area (Å²) in [6.45, 7) is 1.91. The number of hydrogen-bond donors (Lipinski definition) is 1. The zero-order chi connectivity index (χ0) is 8.55. The maximum atomic E-state index is 11.4. The van der Waals surface area contributed by atoms with Crippen molar-refractivity contribution in [3.8, 4) is 0 Å². The average Bonchev–Trinajstić information content (AvgIpc) is 2.05. The summed E-state index contributed by atoms with van der Waals surface area (Å²) >= 11 is 0. The van der Waals surface area contributed by atoms with Gasteiger partial charge in [-0.1, -0.05) is 0 Å². The quantitative estimate of drug-likeness (QED) is 0.590. The Labute approximate surface area is 71.9 Å². The van der Waals surface area contributed by atoms with Gasteiger partial charge in [0.2, 0.25) is 5.91 Å². The summed E-state index contributed by atoms with van der Waals surface area (Å²) in [4.78, 5) is 13.4. The highest BCUT2D eigenvalue weighted by molar-refractivity contribution is 5.80. The summed E-state index contributed by atoms with van der Waals surface area (Å²) < 4.78 is 5.28. The summed E-state index contributed by atoms with van der Waals surface area (Å²) in [5, 5.41) is 2.87. The molecule has 0 saturated carbocycles. The molecule has 0 aromatic rings. The SMILES string of the molecule is CNCC(=O)N1[C@H]2COC[C@H]1C2. The summed E-state index contributed by atoms with van der Waals surface area (Å²) in [6.07, 6.45) is 1.13. The Morgan fingerprint density at radius 1 is 1.58 bits per heavy atom. The second kappa shape index (κ2) is 3.03. The Hall–Kier alpha value is -0.610. The van der Waals surface area contributed by atoms with Crippen LogP contribution in [0.1, 0.15) is 6.42 Å². The summed E-state index contributed by atoms with van der Waals surface area (Å²) in [7, 11) is 1.80. The van der Waals surface area contributed by atoms with Crippen LogP contribution in [0, 0.1) is 0 Å². The molecule has 0 unspecified atom stereocenters. The van der Waals surface area contributed by atoms with E-state index in [-0.39, 0.29) is 5.91 Å². The van der Waals surface area contributed by atoms with Gasteiger partial charge in [-0.15, -0.1) is 0 Å². The van der Waals surface area contributed by atoms with Crippen LogP contribution in [0.25, 0.3) is 0 Å². The molecule has 1 amide bonds. The minimum Gasteiger partial charge on any atom is -0.377 e. The summed E-state index contributed by atoms with van der Waals surface area (Å²) in [5.41, 5.74) is 0. The third kappa shape index (κ3) is 1.11. The minimum absolute atomic E-state index is 0.210. The molecule has 68 valence electrons. The van der Waals surface area contributed by atoms with Gasteiger partial charge in [0.15, 0.2) is 0 Å². The fourth-order valence-corrected chi connectivity index (χ4v) is 1.99. The number of carbonyl (C=O) groups excluding carboxylic acids is 1. The van der Waals surface area contributed by atoms with E-state index < -0.39 is 0 Å². The van der Waals surface area contributed by atoms with E-state index in [0.717, 1.165) is 19.6 Å². The van der Waals surface area contributed by atoms with Gasteiger partial charge < -0.3 is 15.0 Å². The predicted molar refractivity (Wildman–Crippen MR) is 43.8 cm³/mol. The van der Waals surface area contributed by atoms with E-state index in [4.69, 9.17) is 4.74 Å². The van der Waals surface area contributed by atoms with Crippen LogP contribution in [0.3, 0.4) is 0 Å². The number of rotatable bonds is 2. The van der Waals surface area contributed by atoms with Crippen molar-refractivity contribution in [1.82, 2.24) is 10.2 Å². The molecule has 4 nitrogen and oxygen atoms in total. The van der Waals surface area contributed by atoms with Gasteiger partial charge in [0.1, 0.15) is 0 Å². The van der Waals surface area contributed by atoms with Crippen LogP contribution in [0.4, 0.5) is 0 Å². The highest BCUT2D eigenvalue weighted by Crippen LogP contribution is 2.30. The molecule has 2 bridgehead atoms. The molecule has 1 N–H and O–H groups in total. The molecule has 3 heterocycles. The standard InChI is InChI=1S/C8H14N2O2/c1-9-3-8(11)10-6-2-7(10)5-12-4-6/h6-7,9H,2-5H2,1H3/t6-,7-/m1/s1. The van der Waals surface area contributed by atoms with Gasteiger partial charge in [0.05, 0.1) is 31.8 Å². The van der Waals surface area contributed by atoms with Crippen molar-refractivity contribution < 1.29 is 9.53 Å². The first-order chi connectivity index (χ1) is 5.83. The first-order valence-corrected chi connectivity index (χ1v) is 4.36. The number of carbonyl (C=O) groups is 1. The maximum Gasteiger partial charge on any atom is 0.237 e. The number of nitrogens with one attached hydrogen (secondary N) is 1. The number of fused-ring (bicyclic) bond motifs is 2. The molecule has 3 saturated heterocycles. The first kappa shape index (κ1) is 8.01. The monoisotopic (exact) mass is 170 g/mol. The van der Waals surface area contributed by atoms with Gasteiger partial charge in [-0.25, -0.2) is 0 Å². The van der Waals surface area contributed by atoms with Gasteiger partial charge in [-0.3, -0.25) is 4.79 Å². The van der Waals surface area contributed by atoms with E-state index in [1.165, 1.54) is 0 Å². The van der Waals surface area contributed by atoms with Crippen LogP contribution in [0.5, 0.6) is 0 Å². The van der Waals surface area contributed by atoms with E-state index in [9.17, 15) is 4.79 Å². The van der Waals surface area contributed by atoms with Crippen molar-refractivity contribution in [3.63, 3.8) is 0 Å². The van der Waals surface area contributed by atoms with Crippen molar-refractivity contribution in [2.45, 2.75) is 18.5 Å². The smallest absolute Gasteiger partial charge is 0.237 e. The first-order valence-electron chi connectivity index (χ1n) is 4.36. The van der Waals surface area contributed by atoms with Gasteiger partial charge in [0.25, 0.3) is 0 Å². The number of morpholine rings is 1. The Balaban J connectivity index is 1.92. The number of nitrogens with zero attached hydrogens (tertiary/aromatic N) is 1. The lowest BCUT2D eigenvalue weighted by Crippen LogP contribution is -2.66. The van der Waals surface area contributed by atoms with Crippen molar-refractivity contribution in [2.75, 3.05) is 26.8 Å². The molecule has 4 heteroatoms. The number of hydrogen-bond acceptors (Lipinski definition) is 3. The van der Waals surface area contributed by atoms with E-state index in [0.29, 0.717) is 18.6 Å². The van der Waals surface area contributed by atoms with Gasteiger partial charge >= 0.3 is 0 Å². The Morgan fingerprint density at radius 2 is 2.25 bits per heavy atom. The minimum atomic E-state index is 0.210. The Kier molecular flexibility index (Phi) is 2.02.